The lowest BCUT2D eigenvalue weighted by Gasteiger charge is -2.41. The van der Waals surface area contributed by atoms with Crippen molar-refractivity contribution in [3.8, 4) is 11.8 Å². The standard InChI is InChI=1S/C21H23F3N4O/c1-3-28(16-7-6-15(11-25)20(10-16)21(22,23)24)17-5-4-8-27(14-17)18-9-19(29-2)13-26-12-18/h6-7,9-10,12-13,17H,3-5,8,14H2,1-2H3. The normalized spacial score (nSPS) is 17.0. The predicted octanol–water partition coefficient (Wildman–Crippen LogP) is 4.48. The number of pyridine rings is 1. The monoisotopic (exact) mass is 404 g/mol. The van der Waals surface area contributed by atoms with Crippen LogP contribution in [-0.2, 0) is 6.18 Å². The Kier molecular flexibility index (Phi) is 6.16. The Bertz CT molecular complexity index is 894. The van der Waals surface area contributed by atoms with E-state index in [1.54, 1.807) is 31.6 Å². The lowest BCUT2D eigenvalue weighted by molar-refractivity contribution is -0.137. The number of methoxy groups -OCH3 is 1. The maximum Gasteiger partial charge on any atom is 0.417 e. The smallest absolute Gasteiger partial charge is 0.417 e. The highest BCUT2D eigenvalue weighted by atomic mass is 19.4. The van der Waals surface area contributed by atoms with Crippen LogP contribution in [0, 0.1) is 11.3 Å². The molecule has 0 spiro atoms. The quantitative estimate of drug-likeness (QED) is 0.736. The SMILES string of the molecule is CCN(c1ccc(C#N)c(C(F)(F)F)c1)C1CCCN(c2cncc(OC)c2)C1. The maximum absolute atomic E-state index is 13.4. The van der Waals surface area contributed by atoms with Gasteiger partial charge in [0.1, 0.15) is 5.75 Å². The Morgan fingerprint density at radius 2 is 2.10 bits per heavy atom. The topological polar surface area (TPSA) is 52.4 Å². The number of likely N-dealkylation sites (N-methyl/N-ethyl adjacent to an activating group) is 1. The van der Waals surface area contributed by atoms with Crippen LogP contribution < -0.4 is 14.5 Å². The van der Waals surface area contributed by atoms with Gasteiger partial charge in [0, 0.05) is 37.4 Å². The van der Waals surface area contributed by atoms with E-state index in [0.29, 0.717) is 24.5 Å². The average Bonchev–Trinajstić information content (AvgIpc) is 2.74. The Morgan fingerprint density at radius 1 is 1.31 bits per heavy atom. The highest BCUT2D eigenvalue weighted by molar-refractivity contribution is 5.56. The minimum atomic E-state index is -4.56. The van der Waals surface area contributed by atoms with E-state index in [1.807, 2.05) is 17.9 Å². The van der Waals surface area contributed by atoms with Crippen molar-refractivity contribution in [2.24, 2.45) is 0 Å². The number of nitriles is 1. The minimum Gasteiger partial charge on any atom is -0.495 e. The maximum atomic E-state index is 13.4. The molecule has 5 nitrogen and oxygen atoms in total. The summed E-state index contributed by atoms with van der Waals surface area (Å²) in [5, 5.41) is 9.03. The van der Waals surface area contributed by atoms with Gasteiger partial charge >= 0.3 is 6.18 Å². The second-order valence-corrected chi connectivity index (χ2v) is 6.95. The van der Waals surface area contributed by atoms with Crippen LogP contribution in [0.5, 0.6) is 5.75 Å². The number of benzene rings is 1. The Morgan fingerprint density at radius 3 is 2.76 bits per heavy atom. The van der Waals surface area contributed by atoms with Gasteiger partial charge < -0.3 is 14.5 Å². The molecule has 2 heterocycles. The van der Waals surface area contributed by atoms with Crippen molar-refractivity contribution in [1.82, 2.24) is 4.98 Å². The number of halogens is 3. The Hall–Kier alpha value is -2.95. The van der Waals surface area contributed by atoms with Crippen molar-refractivity contribution in [2.45, 2.75) is 32.0 Å². The first-order valence-corrected chi connectivity index (χ1v) is 9.49. The number of hydrogen-bond donors (Lipinski definition) is 0. The fourth-order valence-electron chi connectivity index (χ4n) is 3.83. The number of rotatable bonds is 5. The van der Waals surface area contributed by atoms with Gasteiger partial charge in [0.25, 0.3) is 0 Å². The third kappa shape index (κ3) is 4.56. The summed E-state index contributed by atoms with van der Waals surface area (Å²) in [5.74, 6) is 0.666. The molecule has 1 aliphatic heterocycles. The molecule has 0 amide bonds. The largest absolute Gasteiger partial charge is 0.495 e. The van der Waals surface area contributed by atoms with Crippen molar-refractivity contribution in [3.05, 3.63) is 47.8 Å². The van der Waals surface area contributed by atoms with Crippen molar-refractivity contribution in [1.29, 1.82) is 5.26 Å². The van der Waals surface area contributed by atoms with E-state index in [1.165, 1.54) is 6.07 Å². The molecule has 154 valence electrons. The van der Waals surface area contributed by atoms with E-state index < -0.39 is 11.7 Å². The number of anilines is 2. The van der Waals surface area contributed by atoms with Gasteiger partial charge in [0.2, 0.25) is 0 Å². The summed E-state index contributed by atoms with van der Waals surface area (Å²) in [6, 6.07) is 7.55. The molecule has 1 saturated heterocycles. The summed E-state index contributed by atoms with van der Waals surface area (Å²) in [7, 11) is 1.59. The van der Waals surface area contributed by atoms with Crippen molar-refractivity contribution in [3.63, 3.8) is 0 Å². The lowest BCUT2D eigenvalue weighted by atomic mass is 10.0. The van der Waals surface area contributed by atoms with Crippen LogP contribution in [0.25, 0.3) is 0 Å². The average molecular weight is 404 g/mol. The molecule has 0 N–H and O–H groups in total. The van der Waals surface area contributed by atoms with Gasteiger partial charge in [0.05, 0.1) is 42.4 Å². The van der Waals surface area contributed by atoms with Crippen LogP contribution in [0.1, 0.15) is 30.9 Å². The van der Waals surface area contributed by atoms with Gasteiger partial charge in [0.15, 0.2) is 0 Å². The molecule has 1 atom stereocenters. The Balaban J connectivity index is 1.87. The first kappa shape index (κ1) is 20.8. The summed E-state index contributed by atoms with van der Waals surface area (Å²) in [5.41, 5.74) is 0.168. The molecule has 1 aliphatic rings. The van der Waals surface area contributed by atoms with Crippen LogP contribution in [0.3, 0.4) is 0 Å². The lowest BCUT2D eigenvalue weighted by Crippen LogP contribution is -2.48. The molecule has 2 aromatic rings. The van der Waals surface area contributed by atoms with Crippen LogP contribution in [0.2, 0.25) is 0 Å². The van der Waals surface area contributed by atoms with Crippen molar-refractivity contribution < 1.29 is 17.9 Å². The number of alkyl halides is 3. The summed E-state index contributed by atoms with van der Waals surface area (Å²) < 4.78 is 45.4. The fraction of sp³-hybridized carbons (Fsp3) is 0.429. The molecule has 1 fully saturated rings. The second kappa shape index (κ2) is 8.60. The number of nitrogens with zero attached hydrogens (tertiary/aromatic N) is 4. The zero-order chi connectivity index (χ0) is 21.0. The molecule has 8 heteroatoms. The molecule has 0 aliphatic carbocycles. The Labute approximate surface area is 168 Å². The summed E-state index contributed by atoms with van der Waals surface area (Å²) >= 11 is 0. The molecular formula is C21H23F3N4O. The highest BCUT2D eigenvalue weighted by Crippen LogP contribution is 2.35. The molecule has 3 rings (SSSR count). The number of aromatic nitrogens is 1. The van der Waals surface area contributed by atoms with Crippen molar-refractivity contribution in [2.75, 3.05) is 36.5 Å². The first-order valence-electron chi connectivity index (χ1n) is 9.49. The van der Waals surface area contributed by atoms with E-state index in [0.717, 1.165) is 31.1 Å². The molecule has 0 radical (unpaired) electrons. The third-order valence-corrected chi connectivity index (χ3v) is 5.24. The third-order valence-electron chi connectivity index (χ3n) is 5.24. The minimum absolute atomic E-state index is 0.0500. The predicted molar refractivity (Wildman–Crippen MR) is 105 cm³/mol. The number of ether oxygens (including phenoxy) is 1. The van der Waals surface area contributed by atoms with Gasteiger partial charge in [-0.25, -0.2) is 0 Å². The van der Waals surface area contributed by atoms with E-state index in [-0.39, 0.29) is 11.6 Å². The molecule has 1 aromatic carbocycles. The van der Waals surface area contributed by atoms with Gasteiger partial charge in [-0.15, -0.1) is 0 Å². The summed E-state index contributed by atoms with van der Waals surface area (Å²) in [4.78, 5) is 8.36. The number of piperidine rings is 1. The zero-order valence-corrected chi connectivity index (χ0v) is 16.4. The van der Waals surface area contributed by atoms with Crippen molar-refractivity contribution >= 4 is 11.4 Å². The van der Waals surface area contributed by atoms with Gasteiger partial charge in [-0.2, -0.15) is 18.4 Å². The summed E-state index contributed by atoms with van der Waals surface area (Å²) in [6.07, 6.45) is 0.637. The van der Waals surface area contributed by atoms with E-state index in [2.05, 4.69) is 9.88 Å². The molecule has 0 bridgehead atoms. The molecular weight excluding hydrogens is 381 g/mol. The highest BCUT2D eigenvalue weighted by Gasteiger charge is 2.35. The van der Waals surface area contributed by atoms with Gasteiger partial charge in [-0.1, -0.05) is 0 Å². The van der Waals surface area contributed by atoms with Gasteiger partial charge in [-0.05, 0) is 38.0 Å². The first-order chi connectivity index (χ1) is 13.9. The van der Waals surface area contributed by atoms with Crippen LogP contribution in [0.15, 0.2) is 36.7 Å². The molecule has 29 heavy (non-hydrogen) atoms. The number of hydrogen-bond acceptors (Lipinski definition) is 5. The molecule has 1 unspecified atom stereocenters. The molecule has 0 saturated carbocycles. The van der Waals surface area contributed by atoms with E-state index >= 15 is 0 Å². The van der Waals surface area contributed by atoms with E-state index in [4.69, 9.17) is 10.00 Å². The van der Waals surface area contributed by atoms with E-state index in [9.17, 15) is 13.2 Å². The van der Waals surface area contributed by atoms with Crippen LogP contribution in [0.4, 0.5) is 24.5 Å². The fourth-order valence-corrected chi connectivity index (χ4v) is 3.83. The van der Waals surface area contributed by atoms with Crippen LogP contribution in [-0.4, -0.2) is 37.8 Å². The summed E-state index contributed by atoms with van der Waals surface area (Å²) in [6.45, 7) is 4.02. The van der Waals surface area contributed by atoms with Crippen LogP contribution >= 0.6 is 0 Å². The second-order valence-electron chi connectivity index (χ2n) is 6.95. The zero-order valence-electron chi connectivity index (χ0n) is 16.4. The van der Waals surface area contributed by atoms with Gasteiger partial charge in [-0.3, -0.25) is 4.98 Å². The molecule has 1 aromatic heterocycles.